The van der Waals surface area contributed by atoms with Gasteiger partial charge in [-0.25, -0.2) is 24.0 Å². The Balaban J connectivity index is -0.000000242. The Morgan fingerprint density at radius 3 is 1.18 bits per heavy atom. The minimum atomic E-state index is -5.09. The number of likely N-dealkylation sites (tertiary alicyclic amines) is 1. The van der Waals surface area contributed by atoms with Crippen LogP contribution in [-0.4, -0.2) is 260 Å². The zero-order valence-corrected chi connectivity index (χ0v) is 87.4. The van der Waals surface area contributed by atoms with Gasteiger partial charge in [-0.1, -0.05) is 45.6 Å². The number of nitrogens with one attached hydrogen (secondary N) is 8. The van der Waals surface area contributed by atoms with Crippen molar-refractivity contribution in [1.29, 1.82) is 10.5 Å². The molecular weight excluding hydrogens is 1960 g/mol. The number of pyridine rings is 1. The fourth-order valence-electron chi connectivity index (χ4n) is 11.8. The summed E-state index contributed by atoms with van der Waals surface area (Å²) in [6, 6.07) is 4.71. The van der Waals surface area contributed by atoms with E-state index in [2.05, 4.69) is 135 Å². The van der Waals surface area contributed by atoms with Crippen LogP contribution >= 0.6 is 0 Å². The number of ether oxygens (including phenoxy) is 5. The zero-order valence-electron chi connectivity index (χ0n) is 85.8. The molecule has 1 saturated carbocycles. The van der Waals surface area contributed by atoms with Gasteiger partial charge in [0.05, 0.1) is 43.8 Å². The molecule has 42 nitrogen and oxygen atoms in total. The van der Waals surface area contributed by atoms with E-state index in [0.717, 1.165) is 31.5 Å². The summed E-state index contributed by atoms with van der Waals surface area (Å²) in [5.41, 5.74) is 10.7. The van der Waals surface area contributed by atoms with Crippen molar-refractivity contribution in [1.82, 2.24) is 58.6 Å². The molecule has 0 radical (unpaired) electrons. The number of carbonyl (C=O) groups is 13. The summed E-state index contributed by atoms with van der Waals surface area (Å²) in [6.07, 6.45) is 10.6. The number of carbonyl (C=O) groups excluding carboxylic acids is 12. The Morgan fingerprint density at radius 2 is 0.924 bits per heavy atom. The maximum absolute atomic E-state index is 12.5. The molecule has 0 aromatic carbocycles. The molecule has 5 saturated heterocycles. The number of methoxy groups -OCH3 is 1. The molecule has 7 rings (SSSR count). The average molecular weight is 2100 g/mol. The number of aromatic nitrogens is 1. The lowest BCUT2D eigenvalue weighted by atomic mass is 9.97. The summed E-state index contributed by atoms with van der Waals surface area (Å²) in [6.45, 7) is 37.1. The van der Waals surface area contributed by atoms with Gasteiger partial charge in [-0.3, -0.25) is 57.3 Å². The van der Waals surface area contributed by atoms with Crippen molar-refractivity contribution >= 4 is 97.8 Å². The third-order valence-electron chi connectivity index (χ3n) is 17.9. The van der Waals surface area contributed by atoms with Crippen LogP contribution < -0.4 is 60.2 Å². The monoisotopic (exact) mass is 2100 g/mol. The van der Waals surface area contributed by atoms with E-state index in [0.29, 0.717) is 71.2 Å². The number of alkyl carbamates (subject to hydrolysis) is 3. The molecule has 6 fully saturated rings. The Bertz CT molecular complexity index is 5110. The lowest BCUT2D eigenvalue weighted by molar-refractivity contribution is -0.201. The lowest BCUT2D eigenvalue weighted by Gasteiger charge is -2.38. The number of carboxylic acid groups (broad SMARTS) is 1. The van der Waals surface area contributed by atoms with Gasteiger partial charge < -0.3 is 99.2 Å². The topological polar surface area (TPSA) is 684 Å². The van der Waals surface area contributed by atoms with E-state index in [1.54, 1.807) is 95.3 Å². The first kappa shape index (κ1) is 146. The molecular formula is C95H139F6N15O27S2. The number of aliphatic carboxylic acids is 1. The van der Waals surface area contributed by atoms with Crippen LogP contribution in [0.1, 0.15) is 187 Å². The molecule has 5 aliphatic heterocycles. The second-order valence-electron chi connectivity index (χ2n) is 34.1. The number of aliphatic hydroxyl groups excluding tert-OH is 2. The number of esters is 3. The molecule has 1 unspecified atom stereocenters. The number of aliphatic hydroxyl groups is 2. The Hall–Kier alpha value is -13.9. The van der Waals surface area contributed by atoms with Gasteiger partial charge in [-0.05, 0) is 250 Å². The number of rotatable bonds is 18. The first-order valence-electron chi connectivity index (χ1n) is 43.1. The standard InChI is InChI=1S/C15H23F3N2O4.C13H22N2O5.C12H21N3O4.C12H19N3O3.C7H11N3O.C7H9N.C7H4.C6H2.C5H4.C4H3F3O3.C4H6.2CH4O3S.CH4O.H3N/c1-6(2)9(19-13(24)15(16,17)18)11(21)20-5-7-8(14(7,3)4)10(20)12(22)23;1-13(2,3)20-12(18)15-9(11(17)19-4)7-8-5-6-14-10(8)16;1-12(2,3)19-11(18)15-8(9(13)16)6-7-4-5-14-10(7)17;1-12(2,3)18-11(17)15-9(7-13)6-8-4-5-14-10(8)16;8-4-6(9)3-5-1-2-10-7(5)11;1-6-4-3-5-7(2)8-6;1-3-5-7-6-4-2;1-3-5-6-4-2;1-3-5-4-2;1-2(8)10-3(9)4(5,6)7;1-3-4-2;2*1-5(2,3)4;1-2;/h6-11,21H,5H2,1-4H3,(H,19,24)(H,22,23);8-9H,5-7H2,1-4H3,(H,14,16)(H,15,18);7-8H,4-6H2,1-3H3,(H2,13,16)(H,14,17)(H,15,18);8-9H,4-6H2,1-3H3,(H,14,16)(H,15,17);5-6H,1-3,9H2,(H,10,11);3-5H,1-2H3;1H,2H3;1-2H;1H,2H3;1H3;1-2H3;2*1H3,(H,2,3,4);2H,1H3;1H3/t7-,8-,9-,10-,11?;8-,9-;7-,8-;8-,9-;5-,6-;;;;;;;;;;/m00000........../s1. The number of amides is 9. The highest BCUT2D eigenvalue weighted by molar-refractivity contribution is 7.85. The minimum absolute atomic E-state index is 0. The molecule has 1 aromatic heterocycles. The van der Waals surface area contributed by atoms with Crippen molar-refractivity contribution < 1.29 is 154 Å². The molecule has 13 atom stereocenters. The second-order valence-corrected chi connectivity index (χ2v) is 37.0. The smallest absolute Gasteiger partial charge is 0.480 e. The van der Waals surface area contributed by atoms with E-state index >= 15 is 0 Å². The molecule has 6 heterocycles. The number of aryl methyl sites for hydroxylation is 2. The summed E-state index contributed by atoms with van der Waals surface area (Å²) < 4.78 is 146. The van der Waals surface area contributed by atoms with E-state index in [1.807, 2.05) is 71.9 Å². The lowest BCUT2D eigenvalue weighted by Crippen LogP contribution is -2.59. The van der Waals surface area contributed by atoms with Gasteiger partial charge in [0.25, 0.3) is 20.2 Å². The number of halogens is 6. The Morgan fingerprint density at radius 1 is 0.579 bits per heavy atom. The number of hydrogen-bond acceptors (Lipinski definition) is 30. The van der Waals surface area contributed by atoms with Gasteiger partial charge in [0, 0.05) is 81.8 Å². The van der Waals surface area contributed by atoms with Gasteiger partial charge in [0.1, 0.15) is 47.2 Å². The van der Waals surface area contributed by atoms with Crippen LogP contribution in [0.2, 0.25) is 0 Å². The van der Waals surface area contributed by atoms with E-state index in [1.165, 1.54) is 12.0 Å². The molecule has 1 aliphatic carbocycles. The van der Waals surface area contributed by atoms with E-state index in [-0.39, 0.29) is 90.1 Å². The van der Waals surface area contributed by atoms with Crippen LogP contribution in [0, 0.1) is 192 Å². The molecule has 0 spiro atoms. The molecule has 0 bridgehead atoms. The highest BCUT2D eigenvalue weighted by Gasteiger charge is 2.70. The summed E-state index contributed by atoms with van der Waals surface area (Å²) in [5, 5.41) is 64.2. The van der Waals surface area contributed by atoms with Crippen molar-refractivity contribution in [2.45, 2.75) is 261 Å². The van der Waals surface area contributed by atoms with Gasteiger partial charge in [0.2, 0.25) is 29.5 Å². The number of alkyl halides is 6. The third kappa shape index (κ3) is 78.3. The summed E-state index contributed by atoms with van der Waals surface area (Å²) in [4.78, 5) is 151. The van der Waals surface area contributed by atoms with Crippen molar-refractivity contribution in [2.24, 2.45) is 58.3 Å². The molecule has 145 heavy (non-hydrogen) atoms. The maximum atomic E-state index is 12.5. The number of nitriles is 2. The van der Waals surface area contributed by atoms with Crippen LogP contribution in [0.3, 0.4) is 0 Å². The second kappa shape index (κ2) is 74.9. The van der Waals surface area contributed by atoms with Crippen molar-refractivity contribution in [2.75, 3.05) is 59.5 Å². The van der Waals surface area contributed by atoms with Crippen LogP contribution in [0.4, 0.5) is 40.7 Å². The fraction of sp³-hybridized carbons (Fsp3) is 0.600. The molecule has 810 valence electrons. The number of primary amides is 1. The third-order valence-corrected chi connectivity index (χ3v) is 17.9. The summed E-state index contributed by atoms with van der Waals surface area (Å²) >= 11 is 0. The number of piperidine rings is 1. The number of carboxylic acids is 1. The van der Waals surface area contributed by atoms with Gasteiger partial charge in [-0.2, -0.15) is 53.7 Å². The highest BCUT2D eigenvalue weighted by Crippen LogP contribution is 2.65. The predicted molar refractivity (Wildman–Crippen MR) is 522 cm³/mol. The number of fused-ring (bicyclic) bond motifs is 1. The maximum Gasteiger partial charge on any atom is 0.491 e. The van der Waals surface area contributed by atoms with E-state index < -0.39 is 152 Å². The van der Waals surface area contributed by atoms with Crippen molar-refractivity contribution in [3.8, 4) is 121 Å². The molecule has 6 aliphatic rings. The Labute approximate surface area is 846 Å². The van der Waals surface area contributed by atoms with Crippen LogP contribution in [0.15, 0.2) is 18.2 Å². The van der Waals surface area contributed by atoms with Crippen molar-refractivity contribution in [3.63, 3.8) is 0 Å². The van der Waals surface area contributed by atoms with Gasteiger partial charge >= 0.3 is 60.4 Å². The largest absolute Gasteiger partial charge is 0.491 e. The number of terminal acetylenes is 4. The average Bonchev–Trinajstić information content (AvgIpc) is 1.52. The molecule has 1 aromatic rings. The normalized spacial score (nSPS) is 17.8. The van der Waals surface area contributed by atoms with Crippen LogP contribution in [0.5, 0.6) is 0 Å². The van der Waals surface area contributed by atoms with E-state index in [4.69, 9.17) is 76.1 Å². The molecule has 50 heteroatoms. The first-order chi connectivity index (χ1) is 66.0. The van der Waals surface area contributed by atoms with Crippen LogP contribution in [-0.2, 0) is 91.9 Å². The molecule has 20 N–H and O–H groups in total. The quantitative estimate of drug-likeness (QED) is 0.0215. The first-order valence-corrected chi connectivity index (χ1v) is 46.8. The summed E-state index contributed by atoms with van der Waals surface area (Å²) in [5.74, 6) is 23.1. The van der Waals surface area contributed by atoms with Crippen molar-refractivity contribution in [3.05, 3.63) is 29.6 Å². The number of nitrogens with two attached hydrogens (primary N) is 2. The predicted octanol–water partition coefficient (Wildman–Crippen LogP) is 5.50. The number of hydrogen-bond donors (Lipinski definition) is 16. The summed E-state index contributed by atoms with van der Waals surface area (Å²) in [7, 11) is -5.10. The van der Waals surface area contributed by atoms with Gasteiger partial charge in [-0.15, -0.1) is 37.5 Å². The van der Waals surface area contributed by atoms with E-state index in [9.17, 15) is 116 Å². The Kier molecular flexibility index (Phi) is 75.7. The fourth-order valence-corrected chi connectivity index (χ4v) is 11.8. The zero-order chi connectivity index (χ0) is 114. The SMILES string of the molecule is C#CC#CC.C#CC#CC#C.C#CC#CC#CC.CC#CC.CC(=O)OC(=O)C(F)(F)F.CC(C)(C)OC(=O)N[C@@H](C[C@@H]1CCNC1=O)C(N)=O.CC(C)(C)OC(=O)N[C@H](C#N)C[C@@H]1CCNC1=O.CC(C)[C@H](NC(=O)C(F)(F)F)C(O)N1C[C@H]2[C@@H]([C@H]1C(=O)O)C2(C)C.CO.COC(=O)[C@H](C[C@@H]1CCNC1=O)NC(=O)OC(C)(C)C.CS(=O)(=O)O.CS(=O)(=O)O.Cc1cccc(C)n1.N.N#C[C@@H](N)C[C@@H]1CCNC1=O. The molecule has 9 amide bonds. The highest BCUT2D eigenvalue weighted by atomic mass is 32.2. The van der Waals surface area contributed by atoms with Crippen LogP contribution in [0.25, 0.3) is 0 Å². The number of nitrogens with zero attached hydrogens (tertiary/aromatic N) is 4. The minimum Gasteiger partial charge on any atom is -0.480 e. The van der Waals surface area contributed by atoms with Gasteiger partial charge in [0.15, 0.2) is 0 Å².